The van der Waals surface area contributed by atoms with Crippen molar-refractivity contribution in [3.05, 3.63) is 73.5 Å². The van der Waals surface area contributed by atoms with E-state index in [-0.39, 0.29) is 5.56 Å². The van der Waals surface area contributed by atoms with Crippen LogP contribution in [0.1, 0.15) is 5.56 Å². The van der Waals surface area contributed by atoms with Crippen LogP contribution < -0.4 is 11.2 Å². The van der Waals surface area contributed by atoms with Crippen molar-refractivity contribution in [2.75, 3.05) is 0 Å². The molecule has 3 rings (SSSR count). The van der Waals surface area contributed by atoms with Gasteiger partial charge in [-0.05, 0) is 36.4 Å². The Morgan fingerprint density at radius 2 is 2.14 bits per heavy atom. The molecule has 22 heavy (non-hydrogen) atoms. The van der Waals surface area contributed by atoms with Crippen molar-refractivity contribution >= 4 is 23.9 Å². The lowest BCUT2D eigenvalue weighted by Crippen LogP contribution is -2.30. The van der Waals surface area contributed by atoms with Gasteiger partial charge in [0.2, 0.25) is 5.88 Å². The first-order valence-electron chi connectivity index (χ1n) is 6.33. The van der Waals surface area contributed by atoms with Crippen LogP contribution in [-0.2, 0) is 0 Å². The minimum absolute atomic E-state index is 0.0572. The van der Waals surface area contributed by atoms with E-state index in [9.17, 15) is 14.7 Å². The Balaban J connectivity index is 2.26. The van der Waals surface area contributed by atoms with E-state index in [0.29, 0.717) is 16.4 Å². The molecule has 7 heteroatoms. The SMILES string of the molecule is O=c1[nH]c(=O)n(-c2cccc(Cl)c2)c(O)c1/C=C1\C=CC=N1. The normalized spacial score (nSPS) is 14.9. The average Bonchev–Trinajstić information content (AvgIpc) is 2.96. The summed E-state index contributed by atoms with van der Waals surface area (Å²) >= 11 is 5.90. The zero-order chi connectivity index (χ0) is 15.7. The largest absolute Gasteiger partial charge is 0.494 e. The number of benzene rings is 1. The molecule has 1 aromatic carbocycles. The summed E-state index contributed by atoms with van der Waals surface area (Å²) in [6.07, 6.45) is 6.33. The molecule has 0 saturated carbocycles. The van der Waals surface area contributed by atoms with Gasteiger partial charge in [-0.1, -0.05) is 17.7 Å². The van der Waals surface area contributed by atoms with Crippen LogP contribution in [0.5, 0.6) is 5.88 Å². The van der Waals surface area contributed by atoms with Crippen molar-refractivity contribution in [1.29, 1.82) is 0 Å². The summed E-state index contributed by atoms with van der Waals surface area (Å²) < 4.78 is 0.974. The Morgan fingerprint density at radius 1 is 1.32 bits per heavy atom. The van der Waals surface area contributed by atoms with E-state index in [2.05, 4.69) is 9.98 Å². The van der Waals surface area contributed by atoms with Crippen LogP contribution in [0.2, 0.25) is 5.02 Å². The Bertz CT molecular complexity index is 937. The lowest BCUT2D eigenvalue weighted by Gasteiger charge is -2.10. The first-order chi connectivity index (χ1) is 10.6. The highest BCUT2D eigenvalue weighted by Crippen LogP contribution is 2.21. The Morgan fingerprint density at radius 3 is 2.82 bits per heavy atom. The van der Waals surface area contributed by atoms with Crippen LogP contribution in [0.4, 0.5) is 0 Å². The predicted molar refractivity (Wildman–Crippen MR) is 84.9 cm³/mol. The van der Waals surface area contributed by atoms with E-state index in [1.807, 2.05) is 0 Å². The third-order valence-electron chi connectivity index (χ3n) is 3.06. The summed E-state index contributed by atoms with van der Waals surface area (Å²) in [5, 5.41) is 10.7. The van der Waals surface area contributed by atoms with Crippen molar-refractivity contribution in [2.24, 2.45) is 4.99 Å². The summed E-state index contributed by atoms with van der Waals surface area (Å²) in [4.78, 5) is 30.1. The molecule has 0 saturated heterocycles. The number of nitrogens with one attached hydrogen (secondary N) is 1. The van der Waals surface area contributed by atoms with Crippen molar-refractivity contribution in [1.82, 2.24) is 9.55 Å². The molecular weight excluding hydrogens is 306 g/mol. The third-order valence-corrected chi connectivity index (χ3v) is 3.29. The molecule has 2 N–H and O–H groups in total. The number of aromatic hydroxyl groups is 1. The lowest BCUT2D eigenvalue weighted by atomic mass is 10.2. The Kier molecular flexibility index (Phi) is 3.52. The molecule has 110 valence electrons. The highest BCUT2D eigenvalue weighted by molar-refractivity contribution is 6.30. The Labute approximate surface area is 129 Å². The van der Waals surface area contributed by atoms with E-state index >= 15 is 0 Å². The molecule has 2 aromatic rings. The van der Waals surface area contributed by atoms with Crippen LogP contribution >= 0.6 is 11.6 Å². The molecule has 0 amide bonds. The molecule has 1 aromatic heterocycles. The number of hydrogen-bond donors (Lipinski definition) is 2. The number of H-pyrrole nitrogens is 1. The maximum Gasteiger partial charge on any atom is 0.335 e. The lowest BCUT2D eigenvalue weighted by molar-refractivity contribution is 0.429. The maximum atomic E-state index is 12.0. The van der Waals surface area contributed by atoms with Gasteiger partial charge in [0.25, 0.3) is 5.56 Å². The number of aromatic amines is 1. The number of nitrogens with zero attached hydrogens (tertiary/aromatic N) is 2. The van der Waals surface area contributed by atoms with Crippen molar-refractivity contribution in [2.45, 2.75) is 0 Å². The predicted octanol–water partition coefficient (Wildman–Crippen LogP) is 1.87. The molecule has 2 heterocycles. The van der Waals surface area contributed by atoms with Gasteiger partial charge in [0.15, 0.2) is 0 Å². The molecule has 0 unspecified atom stereocenters. The third kappa shape index (κ3) is 2.51. The fraction of sp³-hybridized carbons (Fsp3) is 0. The van der Waals surface area contributed by atoms with Crippen LogP contribution in [0.15, 0.2) is 56.7 Å². The molecule has 0 atom stereocenters. The van der Waals surface area contributed by atoms with Gasteiger partial charge in [-0.25, -0.2) is 9.36 Å². The molecule has 1 aliphatic rings. The first kappa shape index (κ1) is 14.1. The van der Waals surface area contributed by atoms with E-state index in [1.165, 1.54) is 12.1 Å². The van der Waals surface area contributed by atoms with Crippen LogP contribution in [0, 0.1) is 0 Å². The quantitative estimate of drug-likeness (QED) is 0.886. The van der Waals surface area contributed by atoms with Gasteiger partial charge in [0.1, 0.15) is 5.56 Å². The second kappa shape index (κ2) is 5.50. The fourth-order valence-corrected chi connectivity index (χ4v) is 2.25. The van der Waals surface area contributed by atoms with Gasteiger partial charge in [-0.2, -0.15) is 0 Å². The number of allylic oxidation sites excluding steroid dienone is 2. The summed E-state index contributed by atoms with van der Waals surface area (Å²) in [6.45, 7) is 0. The number of hydrogen-bond acceptors (Lipinski definition) is 4. The minimum atomic E-state index is -0.752. The van der Waals surface area contributed by atoms with Gasteiger partial charge in [-0.15, -0.1) is 0 Å². The number of aromatic nitrogens is 2. The van der Waals surface area contributed by atoms with Gasteiger partial charge < -0.3 is 5.11 Å². The number of aliphatic imine (C=N–C) groups is 1. The smallest absolute Gasteiger partial charge is 0.335 e. The minimum Gasteiger partial charge on any atom is -0.494 e. The van der Waals surface area contributed by atoms with Crippen LogP contribution in [0.25, 0.3) is 11.8 Å². The Hall–Kier alpha value is -2.86. The summed E-state index contributed by atoms with van der Waals surface area (Å²) in [5.74, 6) is -0.473. The summed E-state index contributed by atoms with van der Waals surface area (Å²) in [6, 6.07) is 6.37. The van der Waals surface area contributed by atoms with E-state index < -0.39 is 17.1 Å². The van der Waals surface area contributed by atoms with Crippen molar-refractivity contribution in [3.8, 4) is 11.6 Å². The van der Waals surface area contributed by atoms with Gasteiger partial charge in [0, 0.05) is 11.2 Å². The molecule has 1 aliphatic heterocycles. The molecule has 0 aliphatic carbocycles. The highest BCUT2D eigenvalue weighted by atomic mass is 35.5. The topological polar surface area (TPSA) is 87.5 Å². The standard InChI is InChI=1S/C15H10ClN3O3/c16-9-3-1-5-11(7-9)19-14(21)12(13(20)18-15(19)22)8-10-4-2-6-17-10/h1-8,21H,(H,18,20,22)/b10-8+. The monoisotopic (exact) mass is 315 g/mol. The molecule has 0 bridgehead atoms. The number of halogens is 1. The van der Waals surface area contributed by atoms with E-state index in [0.717, 1.165) is 4.57 Å². The second-order valence-corrected chi connectivity index (χ2v) is 4.95. The molecule has 6 nitrogen and oxygen atoms in total. The number of rotatable bonds is 2. The van der Waals surface area contributed by atoms with Crippen molar-refractivity contribution < 1.29 is 5.11 Å². The van der Waals surface area contributed by atoms with Crippen molar-refractivity contribution in [3.63, 3.8) is 0 Å². The summed E-state index contributed by atoms with van der Waals surface area (Å²) in [7, 11) is 0. The zero-order valence-corrected chi connectivity index (χ0v) is 11.9. The van der Waals surface area contributed by atoms with E-state index in [1.54, 1.807) is 36.6 Å². The van der Waals surface area contributed by atoms with Gasteiger partial charge in [0.05, 0.1) is 11.4 Å². The fourth-order valence-electron chi connectivity index (χ4n) is 2.07. The second-order valence-electron chi connectivity index (χ2n) is 4.52. The molecule has 0 spiro atoms. The average molecular weight is 316 g/mol. The first-order valence-corrected chi connectivity index (χ1v) is 6.71. The molecule has 0 radical (unpaired) electrons. The highest BCUT2D eigenvalue weighted by Gasteiger charge is 2.14. The zero-order valence-electron chi connectivity index (χ0n) is 11.2. The maximum absolute atomic E-state index is 12.0. The summed E-state index contributed by atoms with van der Waals surface area (Å²) in [5.41, 5.74) is -0.659. The molecular formula is C15H10ClN3O3. The van der Waals surface area contributed by atoms with Gasteiger partial charge >= 0.3 is 5.69 Å². The van der Waals surface area contributed by atoms with Crippen LogP contribution in [0.3, 0.4) is 0 Å². The van der Waals surface area contributed by atoms with Crippen LogP contribution in [-0.4, -0.2) is 20.9 Å². The van der Waals surface area contributed by atoms with E-state index in [4.69, 9.17) is 11.6 Å². The van der Waals surface area contributed by atoms with Gasteiger partial charge in [-0.3, -0.25) is 14.8 Å². The molecule has 0 fully saturated rings.